The summed E-state index contributed by atoms with van der Waals surface area (Å²) in [4.78, 5) is 18.7. The second kappa shape index (κ2) is 7.40. The lowest BCUT2D eigenvalue weighted by molar-refractivity contribution is 0.0792. The predicted octanol–water partition coefficient (Wildman–Crippen LogP) is 4.34. The van der Waals surface area contributed by atoms with E-state index in [1.807, 2.05) is 26.0 Å². The number of halogens is 2. The monoisotopic (exact) mass is 388 g/mol. The van der Waals surface area contributed by atoms with Crippen LogP contribution < -0.4 is 11.1 Å². The van der Waals surface area contributed by atoms with E-state index in [2.05, 4.69) is 10.3 Å². The number of nitrogens with one attached hydrogen (secondary N) is 1. The Morgan fingerprint density at radius 2 is 2.04 bits per heavy atom. The van der Waals surface area contributed by atoms with Crippen molar-refractivity contribution in [2.24, 2.45) is 5.73 Å². The molecular formula is C19H18Cl2N4O. The van der Waals surface area contributed by atoms with Gasteiger partial charge in [-0.15, -0.1) is 0 Å². The average molecular weight is 389 g/mol. The molecule has 0 bridgehead atoms. The minimum atomic E-state index is -0.351. The van der Waals surface area contributed by atoms with Gasteiger partial charge in [0.25, 0.3) is 5.91 Å². The van der Waals surface area contributed by atoms with Gasteiger partial charge in [0.15, 0.2) is 0 Å². The van der Waals surface area contributed by atoms with Gasteiger partial charge in [0, 0.05) is 12.4 Å². The SMILES string of the molecule is Cc1ccc(NC2=C(N)C(C)N(C(=O)c3cccc(Cl)c3Cl)C=C2)nc1. The zero-order chi connectivity index (χ0) is 18.8. The molecule has 0 saturated carbocycles. The van der Waals surface area contributed by atoms with E-state index in [4.69, 9.17) is 28.9 Å². The maximum Gasteiger partial charge on any atom is 0.259 e. The molecule has 1 aromatic carbocycles. The van der Waals surface area contributed by atoms with Gasteiger partial charge in [0.1, 0.15) is 5.82 Å². The summed E-state index contributed by atoms with van der Waals surface area (Å²) in [6, 6.07) is 8.45. The van der Waals surface area contributed by atoms with Crippen LogP contribution in [-0.4, -0.2) is 21.8 Å². The van der Waals surface area contributed by atoms with Gasteiger partial charge in [0.05, 0.1) is 33.0 Å². The lowest BCUT2D eigenvalue weighted by atomic mass is 10.1. The second-order valence-corrected chi connectivity index (χ2v) is 6.81. The summed E-state index contributed by atoms with van der Waals surface area (Å²) in [5.41, 5.74) is 8.90. The average Bonchev–Trinajstić information content (AvgIpc) is 2.63. The zero-order valence-corrected chi connectivity index (χ0v) is 15.8. The molecule has 1 aliphatic rings. The Hall–Kier alpha value is -2.50. The first-order valence-electron chi connectivity index (χ1n) is 8.02. The number of pyridine rings is 1. The number of amides is 1. The second-order valence-electron chi connectivity index (χ2n) is 6.02. The molecule has 0 radical (unpaired) electrons. The van der Waals surface area contributed by atoms with Crippen molar-refractivity contribution in [3.63, 3.8) is 0 Å². The van der Waals surface area contributed by atoms with Crippen molar-refractivity contribution in [2.45, 2.75) is 19.9 Å². The standard InChI is InChI=1S/C19H18Cl2N4O/c1-11-6-7-16(23-10-11)24-15-8-9-25(12(2)18(15)22)19(26)13-4-3-5-14(20)17(13)21/h3-10,12H,22H2,1-2H3,(H,23,24). The number of benzene rings is 1. The highest BCUT2D eigenvalue weighted by atomic mass is 35.5. The lowest BCUT2D eigenvalue weighted by Gasteiger charge is -2.31. The molecule has 0 fully saturated rings. The summed E-state index contributed by atoms with van der Waals surface area (Å²) in [7, 11) is 0. The van der Waals surface area contributed by atoms with Crippen LogP contribution in [0, 0.1) is 6.92 Å². The molecular weight excluding hydrogens is 371 g/mol. The van der Waals surface area contributed by atoms with E-state index in [9.17, 15) is 4.79 Å². The van der Waals surface area contributed by atoms with Gasteiger partial charge in [0.2, 0.25) is 0 Å². The van der Waals surface area contributed by atoms with E-state index < -0.39 is 0 Å². The Morgan fingerprint density at radius 1 is 1.27 bits per heavy atom. The van der Waals surface area contributed by atoms with Gasteiger partial charge >= 0.3 is 0 Å². The maximum absolute atomic E-state index is 12.9. The molecule has 1 atom stereocenters. The van der Waals surface area contributed by atoms with Gasteiger partial charge in [-0.3, -0.25) is 4.79 Å². The molecule has 0 spiro atoms. The Morgan fingerprint density at radius 3 is 2.73 bits per heavy atom. The van der Waals surface area contributed by atoms with Gasteiger partial charge in [-0.05, 0) is 43.7 Å². The summed E-state index contributed by atoms with van der Waals surface area (Å²) < 4.78 is 0. The van der Waals surface area contributed by atoms with Crippen molar-refractivity contribution in [3.8, 4) is 0 Å². The molecule has 26 heavy (non-hydrogen) atoms. The van der Waals surface area contributed by atoms with E-state index in [1.165, 1.54) is 4.90 Å². The third kappa shape index (κ3) is 3.54. The molecule has 1 aliphatic heterocycles. The van der Waals surface area contributed by atoms with Crippen LogP contribution >= 0.6 is 23.2 Å². The summed E-state index contributed by atoms with van der Waals surface area (Å²) in [5, 5.41) is 3.75. The lowest BCUT2D eigenvalue weighted by Crippen LogP contribution is -2.41. The van der Waals surface area contributed by atoms with E-state index in [0.717, 1.165) is 5.56 Å². The Labute approximate surface area is 162 Å². The van der Waals surface area contributed by atoms with E-state index in [-0.39, 0.29) is 17.0 Å². The zero-order valence-electron chi connectivity index (χ0n) is 14.3. The predicted molar refractivity (Wildman–Crippen MR) is 105 cm³/mol. The van der Waals surface area contributed by atoms with Crippen molar-refractivity contribution < 1.29 is 4.79 Å². The summed E-state index contributed by atoms with van der Waals surface area (Å²) in [6.07, 6.45) is 5.19. The summed E-state index contributed by atoms with van der Waals surface area (Å²) in [6.45, 7) is 3.82. The minimum absolute atomic E-state index is 0.232. The van der Waals surface area contributed by atoms with E-state index in [0.29, 0.717) is 27.8 Å². The summed E-state index contributed by atoms with van der Waals surface area (Å²) >= 11 is 12.2. The molecule has 7 heteroatoms. The fraction of sp³-hybridized carbons (Fsp3) is 0.158. The van der Waals surface area contributed by atoms with Gasteiger partial charge < -0.3 is 16.0 Å². The number of hydrogen-bond donors (Lipinski definition) is 2. The third-order valence-corrected chi connectivity index (χ3v) is 4.99. The van der Waals surface area contributed by atoms with Crippen LogP contribution in [0.5, 0.6) is 0 Å². The van der Waals surface area contributed by atoms with Gasteiger partial charge in [-0.25, -0.2) is 4.98 Å². The molecule has 5 nitrogen and oxygen atoms in total. The number of rotatable bonds is 3. The summed E-state index contributed by atoms with van der Waals surface area (Å²) in [5.74, 6) is 0.416. The Kier molecular flexibility index (Phi) is 5.20. The Bertz CT molecular complexity index is 906. The molecule has 134 valence electrons. The molecule has 1 amide bonds. The first kappa shape index (κ1) is 18.3. The van der Waals surface area contributed by atoms with Crippen LogP contribution in [-0.2, 0) is 0 Å². The van der Waals surface area contributed by atoms with Crippen LogP contribution in [0.4, 0.5) is 5.82 Å². The topological polar surface area (TPSA) is 71.2 Å². The number of carbonyl (C=O) groups excluding carboxylic acids is 1. The van der Waals surface area contributed by atoms with Crippen LogP contribution in [0.2, 0.25) is 10.0 Å². The van der Waals surface area contributed by atoms with Crippen LogP contribution in [0.1, 0.15) is 22.8 Å². The molecule has 1 unspecified atom stereocenters. The largest absolute Gasteiger partial charge is 0.399 e. The van der Waals surface area contributed by atoms with Gasteiger partial charge in [-0.1, -0.05) is 35.3 Å². The molecule has 2 heterocycles. The van der Waals surface area contributed by atoms with Crippen molar-refractivity contribution in [3.05, 3.63) is 81.4 Å². The molecule has 3 N–H and O–H groups in total. The number of nitrogens with two attached hydrogens (primary N) is 1. The number of anilines is 1. The Balaban J connectivity index is 1.83. The highest BCUT2D eigenvalue weighted by molar-refractivity contribution is 6.43. The fourth-order valence-corrected chi connectivity index (χ4v) is 2.98. The molecule has 0 saturated heterocycles. The maximum atomic E-state index is 12.9. The number of nitrogens with zero attached hydrogens (tertiary/aromatic N) is 2. The minimum Gasteiger partial charge on any atom is -0.399 e. The van der Waals surface area contributed by atoms with Gasteiger partial charge in [-0.2, -0.15) is 0 Å². The number of aryl methyl sites for hydroxylation is 1. The number of hydrogen-bond acceptors (Lipinski definition) is 4. The van der Waals surface area contributed by atoms with Crippen molar-refractivity contribution in [1.29, 1.82) is 0 Å². The fourth-order valence-electron chi connectivity index (χ4n) is 2.60. The van der Waals surface area contributed by atoms with Crippen molar-refractivity contribution in [1.82, 2.24) is 9.88 Å². The smallest absolute Gasteiger partial charge is 0.259 e. The van der Waals surface area contributed by atoms with Crippen LogP contribution in [0.15, 0.2) is 60.2 Å². The van der Waals surface area contributed by atoms with Crippen LogP contribution in [0.3, 0.4) is 0 Å². The first-order chi connectivity index (χ1) is 12.4. The van der Waals surface area contributed by atoms with E-state index >= 15 is 0 Å². The number of carbonyl (C=O) groups is 1. The van der Waals surface area contributed by atoms with Crippen LogP contribution in [0.25, 0.3) is 0 Å². The highest BCUT2D eigenvalue weighted by Gasteiger charge is 2.27. The third-order valence-electron chi connectivity index (χ3n) is 4.17. The number of aromatic nitrogens is 1. The molecule has 0 aliphatic carbocycles. The number of allylic oxidation sites excluding steroid dienone is 1. The first-order valence-corrected chi connectivity index (χ1v) is 8.78. The normalized spacial score (nSPS) is 16.8. The van der Waals surface area contributed by atoms with Crippen molar-refractivity contribution >= 4 is 34.9 Å². The molecule has 1 aromatic heterocycles. The molecule has 3 rings (SSSR count). The quantitative estimate of drug-likeness (QED) is 0.820. The highest BCUT2D eigenvalue weighted by Crippen LogP contribution is 2.29. The van der Waals surface area contributed by atoms with Crippen molar-refractivity contribution in [2.75, 3.05) is 5.32 Å². The molecule has 2 aromatic rings. The van der Waals surface area contributed by atoms with E-state index in [1.54, 1.807) is 36.7 Å².